The SMILES string of the molecule is CCc1ccc(-c2csc(NC(=O)COC(=O)CO/N=C(\C)c3ccc4c(c3)OCO4)n2)cc1. The van der Waals surface area contributed by atoms with Gasteiger partial charge in [0.1, 0.15) is 0 Å². The molecule has 1 amide bonds. The average Bonchev–Trinajstić information content (AvgIpc) is 3.52. The lowest BCUT2D eigenvalue weighted by molar-refractivity contribution is -0.151. The van der Waals surface area contributed by atoms with Gasteiger partial charge in [0, 0.05) is 16.5 Å². The van der Waals surface area contributed by atoms with E-state index in [0.717, 1.165) is 23.2 Å². The first-order valence-corrected chi connectivity index (χ1v) is 11.5. The van der Waals surface area contributed by atoms with Crippen LogP contribution < -0.4 is 14.8 Å². The van der Waals surface area contributed by atoms with Crippen LogP contribution in [0.3, 0.4) is 0 Å². The number of benzene rings is 2. The minimum atomic E-state index is -0.715. The van der Waals surface area contributed by atoms with E-state index in [-0.39, 0.29) is 6.79 Å². The van der Waals surface area contributed by atoms with Crippen molar-refractivity contribution in [2.45, 2.75) is 20.3 Å². The van der Waals surface area contributed by atoms with E-state index in [2.05, 4.69) is 34.5 Å². The summed E-state index contributed by atoms with van der Waals surface area (Å²) in [7, 11) is 0. The number of nitrogens with zero attached hydrogens (tertiary/aromatic N) is 2. The van der Waals surface area contributed by atoms with Crippen LogP contribution in [0, 0.1) is 0 Å². The largest absolute Gasteiger partial charge is 0.454 e. The van der Waals surface area contributed by atoms with E-state index < -0.39 is 25.1 Å². The molecule has 1 aromatic heterocycles. The van der Waals surface area contributed by atoms with Gasteiger partial charge in [0.05, 0.1) is 11.4 Å². The third kappa shape index (κ3) is 5.90. The molecule has 2 heterocycles. The number of esters is 1. The lowest BCUT2D eigenvalue weighted by Gasteiger charge is -2.05. The first-order valence-electron chi connectivity index (χ1n) is 10.6. The predicted octanol–water partition coefficient (Wildman–Crippen LogP) is 4.02. The third-order valence-electron chi connectivity index (χ3n) is 4.95. The summed E-state index contributed by atoms with van der Waals surface area (Å²) in [6, 6.07) is 13.5. The number of rotatable bonds is 9. The lowest BCUT2D eigenvalue weighted by atomic mass is 10.1. The van der Waals surface area contributed by atoms with Crippen molar-refractivity contribution < 1.29 is 28.6 Å². The number of carbonyl (C=O) groups excluding carboxylic acids is 2. The molecule has 4 rings (SSSR count). The minimum Gasteiger partial charge on any atom is -0.454 e. The number of carbonyl (C=O) groups is 2. The summed E-state index contributed by atoms with van der Waals surface area (Å²) in [6.45, 7) is 3.13. The number of thiazole rings is 1. The van der Waals surface area contributed by atoms with Crippen molar-refractivity contribution in [1.82, 2.24) is 4.98 Å². The van der Waals surface area contributed by atoms with Crippen LogP contribution in [0.2, 0.25) is 0 Å². The molecule has 1 aliphatic heterocycles. The van der Waals surface area contributed by atoms with E-state index in [4.69, 9.17) is 19.0 Å². The van der Waals surface area contributed by atoms with Gasteiger partial charge >= 0.3 is 5.97 Å². The zero-order chi connectivity index (χ0) is 23.9. The number of aryl methyl sites for hydroxylation is 1. The molecule has 2 aromatic carbocycles. The molecule has 1 aliphatic rings. The van der Waals surface area contributed by atoms with Gasteiger partial charge in [0.15, 0.2) is 23.2 Å². The van der Waals surface area contributed by atoms with Crippen molar-refractivity contribution in [2.75, 3.05) is 25.3 Å². The van der Waals surface area contributed by atoms with Crippen molar-refractivity contribution in [3.05, 3.63) is 59.0 Å². The van der Waals surface area contributed by atoms with Crippen molar-refractivity contribution in [3.8, 4) is 22.8 Å². The number of hydrogen-bond donors (Lipinski definition) is 1. The monoisotopic (exact) mass is 481 g/mol. The maximum Gasteiger partial charge on any atom is 0.347 e. The number of fused-ring (bicyclic) bond motifs is 1. The Hall–Kier alpha value is -3.92. The zero-order valence-electron chi connectivity index (χ0n) is 18.7. The summed E-state index contributed by atoms with van der Waals surface area (Å²) >= 11 is 1.30. The highest BCUT2D eigenvalue weighted by Crippen LogP contribution is 2.32. The van der Waals surface area contributed by atoms with Gasteiger partial charge < -0.3 is 19.0 Å². The average molecular weight is 482 g/mol. The Bertz CT molecular complexity index is 1210. The number of oxime groups is 1. The molecule has 3 aromatic rings. The summed E-state index contributed by atoms with van der Waals surface area (Å²) in [4.78, 5) is 33.4. The number of amides is 1. The van der Waals surface area contributed by atoms with E-state index in [1.807, 2.05) is 23.6 Å². The fourth-order valence-electron chi connectivity index (χ4n) is 3.07. The molecular weight excluding hydrogens is 458 g/mol. The normalized spacial score (nSPS) is 12.4. The summed E-state index contributed by atoms with van der Waals surface area (Å²) < 4.78 is 15.5. The molecule has 34 heavy (non-hydrogen) atoms. The lowest BCUT2D eigenvalue weighted by Crippen LogP contribution is -2.22. The minimum absolute atomic E-state index is 0.182. The standard InChI is InChI=1S/C24H23N3O6S/c1-3-16-4-6-17(7-5-16)19-13-34-24(25-19)26-22(28)11-30-23(29)12-33-27-15(2)18-8-9-20-21(10-18)32-14-31-20/h4-10,13H,3,11-12,14H2,1-2H3,(H,25,26,28)/b27-15+. The second-order valence-corrected chi connectivity index (χ2v) is 8.17. The van der Waals surface area contributed by atoms with Gasteiger partial charge in [-0.05, 0) is 37.1 Å². The highest BCUT2D eigenvalue weighted by Gasteiger charge is 2.15. The Morgan fingerprint density at radius 1 is 1.12 bits per heavy atom. The fraction of sp³-hybridized carbons (Fsp3) is 0.250. The van der Waals surface area contributed by atoms with Crippen LogP contribution in [0.5, 0.6) is 11.5 Å². The molecule has 10 heteroatoms. The molecule has 176 valence electrons. The Kier molecular flexibility index (Phi) is 7.38. The summed E-state index contributed by atoms with van der Waals surface area (Å²) in [5.74, 6) is 0.0852. The van der Waals surface area contributed by atoms with Gasteiger partial charge in [-0.1, -0.05) is 36.3 Å². The van der Waals surface area contributed by atoms with Crippen LogP contribution in [-0.4, -0.2) is 42.6 Å². The van der Waals surface area contributed by atoms with Gasteiger partial charge in [0.25, 0.3) is 5.91 Å². The van der Waals surface area contributed by atoms with Gasteiger partial charge in [-0.3, -0.25) is 10.1 Å². The van der Waals surface area contributed by atoms with E-state index in [1.54, 1.807) is 19.1 Å². The smallest absolute Gasteiger partial charge is 0.347 e. The maximum absolute atomic E-state index is 12.1. The van der Waals surface area contributed by atoms with Crippen LogP contribution in [-0.2, 0) is 25.6 Å². The second kappa shape index (κ2) is 10.8. The quantitative estimate of drug-likeness (QED) is 0.279. The number of anilines is 1. The Labute approximate surface area is 200 Å². The molecule has 0 atom stereocenters. The van der Waals surface area contributed by atoms with Crippen molar-refractivity contribution in [3.63, 3.8) is 0 Å². The molecule has 0 bridgehead atoms. The molecular formula is C24H23N3O6S. The molecule has 9 nitrogen and oxygen atoms in total. The zero-order valence-corrected chi connectivity index (χ0v) is 19.5. The third-order valence-corrected chi connectivity index (χ3v) is 5.70. The predicted molar refractivity (Wildman–Crippen MR) is 127 cm³/mol. The summed E-state index contributed by atoms with van der Waals surface area (Å²) in [5.41, 5.74) is 4.29. The number of aromatic nitrogens is 1. The van der Waals surface area contributed by atoms with Crippen LogP contribution in [0.4, 0.5) is 5.13 Å². The number of hydrogen-bond acceptors (Lipinski definition) is 9. The Morgan fingerprint density at radius 2 is 1.91 bits per heavy atom. The van der Waals surface area contributed by atoms with Crippen LogP contribution in [0.25, 0.3) is 11.3 Å². The highest BCUT2D eigenvalue weighted by atomic mass is 32.1. The van der Waals surface area contributed by atoms with Crippen LogP contribution in [0.1, 0.15) is 25.0 Å². The Morgan fingerprint density at radius 3 is 2.71 bits per heavy atom. The molecule has 0 spiro atoms. The molecule has 0 saturated carbocycles. The molecule has 0 unspecified atom stereocenters. The Balaban J connectivity index is 1.20. The number of nitrogens with one attached hydrogen (secondary N) is 1. The first-order chi connectivity index (χ1) is 16.5. The first kappa shape index (κ1) is 23.2. The number of ether oxygens (including phenoxy) is 3. The van der Waals surface area contributed by atoms with Crippen molar-refractivity contribution in [2.24, 2.45) is 5.16 Å². The topological polar surface area (TPSA) is 108 Å². The van der Waals surface area contributed by atoms with E-state index in [0.29, 0.717) is 22.3 Å². The second-order valence-electron chi connectivity index (χ2n) is 7.32. The van der Waals surface area contributed by atoms with Gasteiger partial charge in [-0.15, -0.1) is 11.3 Å². The van der Waals surface area contributed by atoms with Crippen molar-refractivity contribution in [1.29, 1.82) is 0 Å². The summed E-state index contributed by atoms with van der Waals surface area (Å²) in [6.07, 6.45) is 0.967. The maximum atomic E-state index is 12.1. The van der Waals surface area contributed by atoms with Gasteiger partial charge in [-0.25, -0.2) is 9.78 Å². The van der Waals surface area contributed by atoms with E-state index in [9.17, 15) is 9.59 Å². The van der Waals surface area contributed by atoms with E-state index in [1.165, 1.54) is 16.9 Å². The van der Waals surface area contributed by atoms with E-state index >= 15 is 0 Å². The molecule has 0 aliphatic carbocycles. The molecule has 0 radical (unpaired) electrons. The fourth-order valence-corrected chi connectivity index (χ4v) is 3.81. The van der Waals surface area contributed by atoms with Gasteiger partial charge in [-0.2, -0.15) is 0 Å². The van der Waals surface area contributed by atoms with Crippen molar-refractivity contribution >= 4 is 34.1 Å². The van der Waals surface area contributed by atoms with Crippen LogP contribution in [0.15, 0.2) is 53.0 Å². The van der Waals surface area contributed by atoms with Gasteiger partial charge in [0.2, 0.25) is 13.4 Å². The molecule has 1 N–H and O–H groups in total. The summed E-state index contributed by atoms with van der Waals surface area (Å²) in [5, 5.41) is 8.82. The molecule has 0 saturated heterocycles. The molecule has 0 fully saturated rings. The van der Waals surface area contributed by atoms with Crippen LogP contribution >= 0.6 is 11.3 Å². The highest BCUT2D eigenvalue weighted by molar-refractivity contribution is 7.14.